The Labute approximate surface area is 171 Å². The van der Waals surface area contributed by atoms with Crippen LogP contribution in [-0.2, 0) is 19.0 Å². The molecule has 1 N–H and O–H groups in total. The van der Waals surface area contributed by atoms with Crippen LogP contribution in [0.2, 0.25) is 0 Å². The van der Waals surface area contributed by atoms with Gasteiger partial charge < -0.3 is 19.5 Å². The number of hydrogen-bond acceptors (Lipinski definition) is 8. The molecule has 29 heavy (non-hydrogen) atoms. The normalized spacial score (nSPS) is 10.0. The molecule has 0 fully saturated rings. The smallest absolute Gasteiger partial charge is 0.339 e. The maximum atomic E-state index is 12.2. The summed E-state index contributed by atoms with van der Waals surface area (Å²) in [6, 6.07) is 10.8. The fourth-order valence-electron chi connectivity index (χ4n) is 2.39. The van der Waals surface area contributed by atoms with Crippen molar-refractivity contribution in [2.45, 2.75) is 4.90 Å². The molecular weight excluding hydrogens is 398 g/mol. The molecule has 0 aliphatic rings. The lowest BCUT2D eigenvalue weighted by Crippen LogP contribution is -2.21. The van der Waals surface area contributed by atoms with Gasteiger partial charge in [-0.15, -0.1) is 11.8 Å². The first-order chi connectivity index (χ1) is 13.9. The summed E-state index contributed by atoms with van der Waals surface area (Å²) in [5, 5.41) is 2.48. The maximum absolute atomic E-state index is 12.2. The van der Waals surface area contributed by atoms with E-state index in [0.29, 0.717) is 5.56 Å². The predicted molar refractivity (Wildman–Crippen MR) is 106 cm³/mol. The summed E-state index contributed by atoms with van der Waals surface area (Å²) >= 11 is 1.38. The lowest BCUT2D eigenvalue weighted by atomic mass is 10.1. The third-order valence-electron chi connectivity index (χ3n) is 3.72. The number of esters is 3. The van der Waals surface area contributed by atoms with Crippen LogP contribution in [0.4, 0.5) is 5.69 Å². The first-order valence-corrected chi connectivity index (χ1v) is 9.53. The number of thioether (sulfide) groups is 1. The van der Waals surface area contributed by atoms with Gasteiger partial charge in [0.1, 0.15) is 0 Å². The second kappa shape index (κ2) is 10.3. The Morgan fingerprint density at radius 2 is 1.48 bits per heavy atom. The molecule has 9 heteroatoms. The highest BCUT2D eigenvalue weighted by molar-refractivity contribution is 7.98. The summed E-state index contributed by atoms with van der Waals surface area (Å²) in [7, 11) is 2.38. The molecule has 0 aromatic heterocycles. The summed E-state index contributed by atoms with van der Waals surface area (Å²) in [6.45, 7) is -0.544. The van der Waals surface area contributed by atoms with Gasteiger partial charge in [-0.2, -0.15) is 0 Å². The first kappa shape index (κ1) is 22.0. The first-order valence-electron chi connectivity index (χ1n) is 8.31. The molecule has 0 saturated carbocycles. The van der Waals surface area contributed by atoms with Crippen molar-refractivity contribution in [3.63, 3.8) is 0 Å². The second-order valence-corrected chi connectivity index (χ2v) is 6.45. The van der Waals surface area contributed by atoms with E-state index in [1.807, 2.05) is 6.26 Å². The standard InChI is InChI=1S/C20H19NO7S/c1-26-18(23)12-8-13(19(24)27-2)10-14(9-12)21-17(22)11-28-20(25)15-6-4-5-7-16(15)29-3/h4-10H,11H2,1-3H3,(H,21,22). The van der Waals surface area contributed by atoms with Crippen LogP contribution in [0.25, 0.3) is 0 Å². The minimum Gasteiger partial charge on any atom is -0.465 e. The Kier molecular flexibility index (Phi) is 7.79. The third kappa shape index (κ3) is 5.82. The van der Waals surface area contributed by atoms with Crippen LogP contribution in [0.3, 0.4) is 0 Å². The van der Waals surface area contributed by atoms with E-state index in [2.05, 4.69) is 14.8 Å². The molecular formula is C20H19NO7S. The van der Waals surface area contributed by atoms with E-state index in [9.17, 15) is 19.2 Å². The molecule has 0 radical (unpaired) electrons. The summed E-state index contributed by atoms with van der Waals surface area (Å²) in [5.74, 6) is -2.65. The van der Waals surface area contributed by atoms with Gasteiger partial charge in [-0.05, 0) is 36.6 Å². The molecule has 8 nitrogen and oxygen atoms in total. The summed E-state index contributed by atoms with van der Waals surface area (Å²) in [6.07, 6.45) is 1.83. The van der Waals surface area contributed by atoms with Gasteiger partial charge in [0.25, 0.3) is 5.91 Å². The zero-order valence-corrected chi connectivity index (χ0v) is 16.8. The molecule has 2 aromatic carbocycles. The van der Waals surface area contributed by atoms with Crippen molar-refractivity contribution >= 4 is 41.3 Å². The van der Waals surface area contributed by atoms with Crippen LogP contribution < -0.4 is 5.32 Å². The topological polar surface area (TPSA) is 108 Å². The molecule has 0 aliphatic heterocycles. The van der Waals surface area contributed by atoms with Crippen LogP contribution in [0, 0.1) is 0 Å². The van der Waals surface area contributed by atoms with Crippen molar-refractivity contribution in [2.75, 3.05) is 32.4 Å². The number of anilines is 1. The van der Waals surface area contributed by atoms with Gasteiger partial charge in [0.05, 0.1) is 30.9 Å². The number of methoxy groups -OCH3 is 2. The molecule has 2 aromatic rings. The number of benzene rings is 2. The van der Waals surface area contributed by atoms with Gasteiger partial charge in [0.2, 0.25) is 0 Å². The van der Waals surface area contributed by atoms with E-state index in [4.69, 9.17) is 4.74 Å². The van der Waals surface area contributed by atoms with E-state index >= 15 is 0 Å². The quantitative estimate of drug-likeness (QED) is 0.416. The molecule has 1 amide bonds. The number of carbonyl (C=O) groups is 4. The highest BCUT2D eigenvalue weighted by Gasteiger charge is 2.17. The minimum absolute atomic E-state index is 0.0524. The molecule has 0 heterocycles. The van der Waals surface area contributed by atoms with E-state index < -0.39 is 30.4 Å². The predicted octanol–water partition coefficient (Wildman–Crippen LogP) is 2.78. The molecule has 2 rings (SSSR count). The SMILES string of the molecule is COC(=O)c1cc(NC(=O)COC(=O)c2ccccc2SC)cc(C(=O)OC)c1. The molecule has 0 aliphatic carbocycles. The summed E-state index contributed by atoms with van der Waals surface area (Å²) in [5.41, 5.74) is 0.612. The summed E-state index contributed by atoms with van der Waals surface area (Å²) < 4.78 is 14.3. The van der Waals surface area contributed by atoms with Gasteiger partial charge in [-0.25, -0.2) is 14.4 Å². The molecule has 0 saturated heterocycles. The molecule has 0 bridgehead atoms. The lowest BCUT2D eigenvalue weighted by Gasteiger charge is -2.10. The van der Waals surface area contributed by atoms with Crippen molar-refractivity contribution in [1.29, 1.82) is 0 Å². The minimum atomic E-state index is -0.689. The molecule has 0 atom stereocenters. The van der Waals surface area contributed by atoms with Crippen molar-refractivity contribution in [3.8, 4) is 0 Å². The largest absolute Gasteiger partial charge is 0.465 e. The van der Waals surface area contributed by atoms with Crippen LogP contribution >= 0.6 is 11.8 Å². The number of amides is 1. The number of nitrogens with one attached hydrogen (secondary N) is 1. The Morgan fingerprint density at radius 3 is 2.03 bits per heavy atom. The average molecular weight is 417 g/mol. The molecule has 0 unspecified atom stereocenters. The van der Waals surface area contributed by atoms with Gasteiger partial charge in [0.15, 0.2) is 6.61 Å². The van der Waals surface area contributed by atoms with Gasteiger partial charge >= 0.3 is 17.9 Å². The van der Waals surface area contributed by atoms with Crippen LogP contribution in [0.1, 0.15) is 31.1 Å². The Morgan fingerprint density at radius 1 is 0.897 bits per heavy atom. The number of hydrogen-bond donors (Lipinski definition) is 1. The number of ether oxygens (including phenoxy) is 3. The average Bonchev–Trinajstić information content (AvgIpc) is 2.75. The van der Waals surface area contributed by atoms with Crippen LogP contribution in [0.5, 0.6) is 0 Å². The lowest BCUT2D eigenvalue weighted by molar-refractivity contribution is -0.119. The Hall–Kier alpha value is -3.33. The zero-order valence-electron chi connectivity index (χ0n) is 16.0. The van der Waals surface area contributed by atoms with E-state index in [1.54, 1.807) is 24.3 Å². The zero-order chi connectivity index (χ0) is 21.4. The number of rotatable bonds is 7. The maximum Gasteiger partial charge on any atom is 0.339 e. The fraction of sp³-hybridized carbons (Fsp3) is 0.200. The molecule has 0 spiro atoms. The van der Waals surface area contributed by atoms with Gasteiger partial charge in [-0.3, -0.25) is 4.79 Å². The van der Waals surface area contributed by atoms with E-state index in [1.165, 1.54) is 44.2 Å². The van der Waals surface area contributed by atoms with Crippen molar-refractivity contribution in [1.82, 2.24) is 0 Å². The van der Waals surface area contributed by atoms with Gasteiger partial charge in [0, 0.05) is 10.6 Å². The fourth-order valence-corrected chi connectivity index (χ4v) is 2.98. The summed E-state index contributed by atoms with van der Waals surface area (Å²) in [4.78, 5) is 48.7. The second-order valence-electron chi connectivity index (χ2n) is 5.61. The van der Waals surface area contributed by atoms with Crippen LogP contribution in [0.15, 0.2) is 47.4 Å². The van der Waals surface area contributed by atoms with Gasteiger partial charge in [-0.1, -0.05) is 12.1 Å². The number of carbonyl (C=O) groups excluding carboxylic acids is 4. The monoisotopic (exact) mass is 417 g/mol. The van der Waals surface area contributed by atoms with E-state index in [-0.39, 0.29) is 16.8 Å². The molecule has 152 valence electrons. The Balaban J connectivity index is 2.10. The Bertz CT molecular complexity index is 908. The van der Waals surface area contributed by atoms with Crippen molar-refractivity contribution < 1.29 is 33.4 Å². The van der Waals surface area contributed by atoms with E-state index in [0.717, 1.165) is 4.90 Å². The van der Waals surface area contributed by atoms with Crippen LogP contribution in [-0.4, -0.2) is 50.9 Å². The third-order valence-corrected chi connectivity index (χ3v) is 4.52. The van der Waals surface area contributed by atoms with Crippen molar-refractivity contribution in [3.05, 3.63) is 59.2 Å². The van der Waals surface area contributed by atoms with Crippen molar-refractivity contribution in [2.24, 2.45) is 0 Å². The highest BCUT2D eigenvalue weighted by Crippen LogP contribution is 2.21. The highest BCUT2D eigenvalue weighted by atomic mass is 32.2.